The Morgan fingerprint density at radius 1 is 1.36 bits per heavy atom. The predicted octanol–water partition coefficient (Wildman–Crippen LogP) is 1.94. The van der Waals surface area contributed by atoms with Crippen LogP contribution in [0, 0.1) is 5.41 Å². The molecule has 1 heterocycles. The molecule has 6 heteroatoms. The van der Waals surface area contributed by atoms with Gasteiger partial charge in [-0.1, -0.05) is 38.8 Å². The molecule has 1 rings (SSSR count). The highest BCUT2D eigenvalue weighted by Gasteiger charge is 2.28. The van der Waals surface area contributed by atoms with E-state index in [0.717, 1.165) is 29.3 Å². The number of alkyl halides is 2. The fraction of sp³-hybridized carbons (Fsp3) is 0.875. The van der Waals surface area contributed by atoms with Crippen molar-refractivity contribution in [3.8, 4) is 0 Å². The van der Waals surface area contributed by atoms with Crippen LogP contribution in [0.1, 0.15) is 19.2 Å². The van der Waals surface area contributed by atoms with Crippen LogP contribution in [0.3, 0.4) is 0 Å². The van der Waals surface area contributed by atoms with Gasteiger partial charge in [-0.25, -0.2) is 0 Å². The van der Waals surface area contributed by atoms with E-state index in [0.29, 0.717) is 0 Å². The molecule has 0 unspecified atom stereocenters. The first-order valence-electron chi connectivity index (χ1n) is 4.50. The molecule has 0 fully saturated rings. The summed E-state index contributed by atoms with van der Waals surface area (Å²) in [6.07, 6.45) is 1.94. The van der Waals surface area contributed by atoms with Crippen LogP contribution in [0.25, 0.3) is 0 Å². The molecular formula is C8H14Br2N4. The molecule has 0 aromatic carbocycles. The van der Waals surface area contributed by atoms with Crippen LogP contribution >= 0.6 is 31.9 Å². The minimum atomic E-state index is 0.197. The zero-order chi connectivity index (χ0) is 10.6. The molecule has 0 bridgehead atoms. The number of rotatable bonds is 5. The van der Waals surface area contributed by atoms with Crippen LogP contribution in [0.2, 0.25) is 0 Å². The Hall–Kier alpha value is 0.0300. The maximum Gasteiger partial charge on any atom is 0.175 e. The van der Waals surface area contributed by atoms with Crippen molar-refractivity contribution < 1.29 is 0 Å². The van der Waals surface area contributed by atoms with E-state index in [1.165, 1.54) is 4.80 Å². The number of hydrogen-bond acceptors (Lipinski definition) is 3. The third-order valence-corrected chi connectivity index (χ3v) is 4.78. The Labute approximate surface area is 101 Å². The van der Waals surface area contributed by atoms with Gasteiger partial charge in [0.15, 0.2) is 5.82 Å². The van der Waals surface area contributed by atoms with Gasteiger partial charge in [0, 0.05) is 17.1 Å². The largest absolute Gasteiger partial charge is 0.175 e. The van der Waals surface area contributed by atoms with Crippen molar-refractivity contribution in [3.63, 3.8) is 0 Å². The van der Waals surface area contributed by atoms with Crippen molar-refractivity contribution in [1.82, 2.24) is 20.2 Å². The monoisotopic (exact) mass is 324 g/mol. The molecule has 1 aromatic heterocycles. The molecule has 0 N–H and O–H groups in total. The van der Waals surface area contributed by atoms with E-state index in [4.69, 9.17) is 0 Å². The Bertz CT molecular complexity index is 274. The molecule has 0 atom stereocenters. The summed E-state index contributed by atoms with van der Waals surface area (Å²) in [5.41, 5.74) is 0.197. The van der Waals surface area contributed by atoms with E-state index < -0.39 is 0 Å². The zero-order valence-corrected chi connectivity index (χ0v) is 11.5. The van der Waals surface area contributed by atoms with Crippen LogP contribution in [0.15, 0.2) is 0 Å². The van der Waals surface area contributed by atoms with Crippen molar-refractivity contribution in [1.29, 1.82) is 0 Å². The van der Waals surface area contributed by atoms with Gasteiger partial charge in [0.05, 0.1) is 7.05 Å². The second-order valence-corrected chi connectivity index (χ2v) is 4.61. The van der Waals surface area contributed by atoms with E-state index in [9.17, 15) is 0 Å². The van der Waals surface area contributed by atoms with Gasteiger partial charge in [-0.05, 0) is 17.0 Å². The first kappa shape index (κ1) is 12.1. The van der Waals surface area contributed by atoms with Crippen molar-refractivity contribution in [3.05, 3.63) is 5.82 Å². The van der Waals surface area contributed by atoms with Gasteiger partial charge in [0.2, 0.25) is 0 Å². The topological polar surface area (TPSA) is 43.6 Å². The van der Waals surface area contributed by atoms with Crippen LogP contribution in [0.4, 0.5) is 0 Å². The van der Waals surface area contributed by atoms with Crippen LogP contribution in [-0.2, 0) is 13.5 Å². The summed E-state index contributed by atoms with van der Waals surface area (Å²) >= 11 is 7.09. The fourth-order valence-electron chi connectivity index (χ4n) is 1.17. The van der Waals surface area contributed by atoms with Crippen molar-refractivity contribution in [2.45, 2.75) is 19.8 Å². The zero-order valence-electron chi connectivity index (χ0n) is 8.37. The third kappa shape index (κ3) is 2.76. The maximum absolute atomic E-state index is 4.19. The lowest BCUT2D eigenvalue weighted by atomic mass is 9.86. The van der Waals surface area contributed by atoms with Gasteiger partial charge >= 0.3 is 0 Å². The molecule has 80 valence electrons. The van der Waals surface area contributed by atoms with Crippen LogP contribution in [0.5, 0.6) is 0 Å². The number of hydrogen-bond donors (Lipinski definition) is 0. The SMILES string of the molecule is CCC(CBr)(CBr)Cc1nnn(C)n1. The lowest BCUT2D eigenvalue weighted by molar-refractivity contribution is 0.364. The van der Waals surface area contributed by atoms with E-state index in [2.05, 4.69) is 54.2 Å². The molecule has 0 amide bonds. The first-order chi connectivity index (χ1) is 6.65. The van der Waals surface area contributed by atoms with Gasteiger partial charge in [-0.2, -0.15) is 4.80 Å². The number of nitrogens with zero attached hydrogens (tertiary/aromatic N) is 4. The van der Waals surface area contributed by atoms with Gasteiger partial charge in [0.25, 0.3) is 0 Å². The molecule has 14 heavy (non-hydrogen) atoms. The van der Waals surface area contributed by atoms with Crippen molar-refractivity contribution in [2.24, 2.45) is 12.5 Å². The number of tetrazole rings is 1. The Morgan fingerprint density at radius 3 is 2.36 bits per heavy atom. The lowest BCUT2D eigenvalue weighted by Crippen LogP contribution is -2.27. The molecule has 0 saturated heterocycles. The summed E-state index contributed by atoms with van der Waals surface area (Å²) in [7, 11) is 1.78. The van der Waals surface area contributed by atoms with E-state index in [1.807, 2.05) is 0 Å². The van der Waals surface area contributed by atoms with Gasteiger partial charge in [-0.3, -0.25) is 0 Å². The normalized spacial score (nSPS) is 12.0. The molecule has 0 saturated carbocycles. The Kier molecular flexibility index (Phi) is 4.50. The summed E-state index contributed by atoms with van der Waals surface area (Å²) < 4.78 is 0. The number of aryl methyl sites for hydroxylation is 1. The van der Waals surface area contributed by atoms with Crippen LogP contribution < -0.4 is 0 Å². The molecule has 0 spiro atoms. The highest BCUT2D eigenvalue weighted by Crippen LogP contribution is 2.30. The average molecular weight is 326 g/mol. The third-order valence-electron chi connectivity index (χ3n) is 2.40. The quantitative estimate of drug-likeness (QED) is 0.777. The standard InChI is InChI=1S/C8H14Br2N4/c1-3-8(5-9,6-10)4-7-11-13-14(2)12-7/h3-6H2,1-2H3. The number of aromatic nitrogens is 4. The Balaban J connectivity index is 2.73. The van der Waals surface area contributed by atoms with Gasteiger partial charge in [0.1, 0.15) is 0 Å². The van der Waals surface area contributed by atoms with Gasteiger partial charge < -0.3 is 0 Å². The van der Waals surface area contributed by atoms with E-state index in [1.54, 1.807) is 7.05 Å². The van der Waals surface area contributed by atoms with Crippen molar-refractivity contribution in [2.75, 3.05) is 10.7 Å². The smallest absolute Gasteiger partial charge is 0.167 e. The lowest BCUT2D eigenvalue weighted by Gasteiger charge is -2.26. The van der Waals surface area contributed by atoms with E-state index in [-0.39, 0.29) is 5.41 Å². The summed E-state index contributed by atoms with van der Waals surface area (Å²) in [5, 5.41) is 13.9. The fourth-order valence-corrected chi connectivity index (χ4v) is 3.29. The maximum atomic E-state index is 4.19. The molecule has 0 aliphatic rings. The Morgan fingerprint density at radius 2 is 2.00 bits per heavy atom. The first-order valence-corrected chi connectivity index (χ1v) is 6.75. The summed E-state index contributed by atoms with van der Waals surface area (Å²) in [4.78, 5) is 1.50. The highest BCUT2D eigenvalue weighted by molar-refractivity contribution is 9.09. The predicted molar refractivity (Wildman–Crippen MR) is 62.8 cm³/mol. The summed E-state index contributed by atoms with van der Waals surface area (Å²) in [5.74, 6) is 0.813. The molecule has 0 aliphatic carbocycles. The number of halogens is 2. The molecule has 0 aliphatic heterocycles. The highest BCUT2D eigenvalue weighted by atomic mass is 79.9. The minimum absolute atomic E-state index is 0.197. The second-order valence-electron chi connectivity index (χ2n) is 3.49. The second kappa shape index (κ2) is 5.21. The molecule has 1 aromatic rings. The molecule has 0 radical (unpaired) electrons. The average Bonchev–Trinajstić information content (AvgIpc) is 2.61. The molecular weight excluding hydrogens is 312 g/mol. The van der Waals surface area contributed by atoms with Gasteiger partial charge in [-0.15, -0.1) is 10.2 Å². The van der Waals surface area contributed by atoms with Crippen LogP contribution in [-0.4, -0.2) is 30.9 Å². The van der Waals surface area contributed by atoms with E-state index >= 15 is 0 Å². The summed E-state index contributed by atoms with van der Waals surface area (Å²) in [6.45, 7) is 2.18. The minimum Gasteiger partial charge on any atom is -0.167 e. The summed E-state index contributed by atoms with van der Waals surface area (Å²) in [6, 6.07) is 0. The van der Waals surface area contributed by atoms with Crippen molar-refractivity contribution >= 4 is 31.9 Å². The molecule has 4 nitrogen and oxygen atoms in total.